The first kappa shape index (κ1) is 12.4. The number of anilines is 1. The van der Waals surface area contributed by atoms with Crippen LogP contribution in [0.3, 0.4) is 0 Å². The van der Waals surface area contributed by atoms with Crippen LogP contribution in [0.4, 0.5) is 10.1 Å². The van der Waals surface area contributed by atoms with E-state index in [0.29, 0.717) is 12.1 Å². The van der Waals surface area contributed by atoms with Crippen molar-refractivity contribution in [2.24, 2.45) is 0 Å². The number of para-hydroxylation sites is 1. The van der Waals surface area contributed by atoms with Gasteiger partial charge in [-0.3, -0.25) is 0 Å². The zero-order valence-corrected chi connectivity index (χ0v) is 10.8. The number of hydrogen-bond acceptors (Lipinski definition) is 2. The average molecular weight is 236 g/mol. The maximum Gasteiger partial charge on any atom is 0.146 e. The van der Waals surface area contributed by atoms with E-state index < -0.39 is 0 Å². The third-order valence-electron chi connectivity index (χ3n) is 3.26. The molecule has 1 aromatic rings. The van der Waals surface area contributed by atoms with Crippen LogP contribution < -0.4 is 10.2 Å². The maximum atomic E-state index is 13.8. The Morgan fingerprint density at radius 2 is 2.18 bits per heavy atom. The first-order valence-electron chi connectivity index (χ1n) is 6.34. The number of nitrogens with one attached hydrogen (secondary N) is 1. The van der Waals surface area contributed by atoms with Gasteiger partial charge in [0.05, 0.1) is 5.69 Å². The van der Waals surface area contributed by atoms with Crippen LogP contribution in [-0.2, 0) is 0 Å². The Morgan fingerprint density at radius 3 is 2.82 bits per heavy atom. The van der Waals surface area contributed by atoms with E-state index in [4.69, 9.17) is 0 Å². The van der Waals surface area contributed by atoms with Crippen LogP contribution in [0.25, 0.3) is 0 Å². The molecule has 0 amide bonds. The number of aryl methyl sites for hydroxylation is 1. The number of benzene rings is 1. The first-order valence-corrected chi connectivity index (χ1v) is 6.34. The maximum absolute atomic E-state index is 13.8. The number of hydrogen-bond donors (Lipinski definition) is 1. The Hall–Kier alpha value is -1.09. The van der Waals surface area contributed by atoms with E-state index in [1.54, 1.807) is 12.1 Å². The Bertz CT molecular complexity index is 370. The zero-order valence-electron chi connectivity index (χ0n) is 10.8. The lowest BCUT2D eigenvalue weighted by atomic mass is 10.2. The normalized spacial score (nSPS) is 20.3. The third kappa shape index (κ3) is 2.78. The summed E-state index contributed by atoms with van der Waals surface area (Å²) in [7, 11) is 0. The van der Waals surface area contributed by atoms with E-state index >= 15 is 0 Å². The Kier molecular flexibility index (Phi) is 3.67. The van der Waals surface area contributed by atoms with Gasteiger partial charge in [0.1, 0.15) is 5.82 Å². The van der Waals surface area contributed by atoms with Crippen molar-refractivity contribution in [2.75, 3.05) is 18.0 Å². The summed E-state index contributed by atoms with van der Waals surface area (Å²) in [6.07, 6.45) is 1.09. The fourth-order valence-electron chi connectivity index (χ4n) is 2.59. The molecule has 1 aromatic carbocycles. The number of rotatable bonds is 3. The van der Waals surface area contributed by atoms with Gasteiger partial charge >= 0.3 is 0 Å². The van der Waals surface area contributed by atoms with Crippen molar-refractivity contribution < 1.29 is 4.39 Å². The van der Waals surface area contributed by atoms with Crippen LogP contribution in [-0.4, -0.2) is 25.2 Å². The molecule has 0 saturated carbocycles. The predicted molar refractivity (Wildman–Crippen MR) is 70.0 cm³/mol. The van der Waals surface area contributed by atoms with E-state index in [-0.39, 0.29) is 5.82 Å². The molecule has 0 aliphatic carbocycles. The van der Waals surface area contributed by atoms with Gasteiger partial charge in [0.15, 0.2) is 0 Å². The number of halogens is 1. The molecule has 17 heavy (non-hydrogen) atoms. The van der Waals surface area contributed by atoms with Crippen molar-refractivity contribution >= 4 is 5.69 Å². The average Bonchev–Trinajstić information content (AvgIpc) is 2.65. The van der Waals surface area contributed by atoms with Gasteiger partial charge in [-0.2, -0.15) is 0 Å². The van der Waals surface area contributed by atoms with E-state index in [9.17, 15) is 4.39 Å². The molecule has 1 saturated heterocycles. The minimum Gasteiger partial charge on any atom is -0.367 e. The minimum atomic E-state index is -0.102. The van der Waals surface area contributed by atoms with Gasteiger partial charge in [0.25, 0.3) is 0 Å². The lowest BCUT2D eigenvalue weighted by molar-refractivity contribution is 0.491. The van der Waals surface area contributed by atoms with Gasteiger partial charge in [-0.15, -0.1) is 0 Å². The summed E-state index contributed by atoms with van der Waals surface area (Å²) in [5.74, 6) is -0.102. The molecule has 1 atom stereocenters. The third-order valence-corrected chi connectivity index (χ3v) is 3.26. The largest absolute Gasteiger partial charge is 0.367 e. The second-order valence-electron chi connectivity index (χ2n) is 5.16. The molecular formula is C14H21FN2. The summed E-state index contributed by atoms with van der Waals surface area (Å²) >= 11 is 0. The summed E-state index contributed by atoms with van der Waals surface area (Å²) in [5.41, 5.74) is 1.80. The standard InChI is InChI=1S/C14H21FN2/c1-10(2)16-12-7-8-17(9-12)14-11(3)5-4-6-13(14)15/h4-6,10,12,16H,7-9H2,1-3H3. The highest BCUT2D eigenvalue weighted by atomic mass is 19.1. The van der Waals surface area contributed by atoms with Crippen molar-refractivity contribution in [3.8, 4) is 0 Å². The SMILES string of the molecule is Cc1cccc(F)c1N1CCC(NC(C)C)C1. The molecule has 2 rings (SSSR count). The lowest BCUT2D eigenvalue weighted by Gasteiger charge is -2.22. The second kappa shape index (κ2) is 5.05. The molecule has 2 nitrogen and oxygen atoms in total. The van der Waals surface area contributed by atoms with Crippen LogP contribution in [0, 0.1) is 12.7 Å². The molecule has 0 bridgehead atoms. The van der Waals surface area contributed by atoms with E-state index in [0.717, 1.165) is 30.8 Å². The van der Waals surface area contributed by atoms with Crippen molar-refractivity contribution in [3.63, 3.8) is 0 Å². The highest BCUT2D eigenvalue weighted by Gasteiger charge is 2.25. The van der Waals surface area contributed by atoms with Crippen molar-refractivity contribution in [1.82, 2.24) is 5.32 Å². The molecule has 1 aliphatic rings. The minimum absolute atomic E-state index is 0.102. The van der Waals surface area contributed by atoms with Crippen LogP contribution in [0.2, 0.25) is 0 Å². The molecule has 1 aliphatic heterocycles. The van der Waals surface area contributed by atoms with Gasteiger partial charge in [-0.25, -0.2) is 4.39 Å². The molecular weight excluding hydrogens is 215 g/mol. The molecule has 0 spiro atoms. The fourth-order valence-corrected chi connectivity index (χ4v) is 2.59. The summed E-state index contributed by atoms with van der Waals surface area (Å²) in [5, 5.41) is 3.52. The van der Waals surface area contributed by atoms with Crippen molar-refractivity contribution in [2.45, 2.75) is 39.3 Å². The molecule has 0 aromatic heterocycles. The second-order valence-corrected chi connectivity index (χ2v) is 5.16. The van der Waals surface area contributed by atoms with Gasteiger partial charge in [0.2, 0.25) is 0 Å². The smallest absolute Gasteiger partial charge is 0.146 e. The van der Waals surface area contributed by atoms with Crippen LogP contribution in [0.1, 0.15) is 25.8 Å². The summed E-state index contributed by atoms with van der Waals surface area (Å²) in [6.45, 7) is 8.11. The van der Waals surface area contributed by atoms with E-state index in [1.807, 2.05) is 13.0 Å². The van der Waals surface area contributed by atoms with Gasteiger partial charge < -0.3 is 10.2 Å². The van der Waals surface area contributed by atoms with Crippen LogP contribution in [0.5, 0.6) is 0 Å². The predicted octanol–water partition coefficient (Wildman–Crippen LogP) is 2.71. The first-order chi connectivity index (χ1) is 8.08. The zero-order chi connectivity index (χ0) is 12.4. The van der Waals surface area contributed by atoms with Crippen LogP contribution in [0.15, 0.2) is 18.2 Å². The molecule has 0 radical (unpaired) electrons. The van der Waals surface area contributed by atoms with Gasteiger partial charge in [-0.1, -0.05) is 26.0 Å². The van der Waals surface area contributed by atoms with Crippen molar-refractivity contribution in [3.05, 3.63) is 29.6 Å². The molecule has 1 heterocycles. The molecule has 1 fully saturated rings. The molecule has 1 N–H and O–H groups in total. The molecule has 94 valence electrons. The van der Waals surface area contributed by atoms with Crippen LogP contribution >= 0.6 is 0 Å². The molecule has 1 unspecified atom stereocenters. The van der Waals surface area contributed by atoms with E-state index in [2.05, 4.69) is 24.1 Å². The Balaban J connectivity index is 2.10. The van der Waals surface area contributed by atoms with Gasteiger partial charge in [-0.05, 0) is 25.0 Å². The lowest BCUT2D eigenvalue weighted by Crippen LogP contribution is -2.37. The Morgan fingerprint density at radius 1 is 1.41 bits per heavy atom. The summed E-state index contributed by atoms with van der Waals surface area (Å²) in [4.78, 5) is 2.16. The summed E-state index contributed by atoms with van der Waals surface area (Å²) in [6, 6.07) is 6.26. The summed E-state index contributed by atoms with van der Waals surface area (Å²) < 4.78 is 13.8. The van der Waals surface area contributed by atoms with E-state index in [1.165, 1.54) is 0 Å². The monoisotopic (exact) mass is 236 g/mol. The quantitative estimate of drug-likeness (QED) is 0.868. The van der Waals surface area contributed by atoms with Crippen molar-refractivity contribution in [1.29, 1.82) is 0 Å². The fraction of sp³-hybridized carbons (Fsp3) is 0.571. The molecule has 3 heteroatoms. The highest BCUT2D eigenvalue weighted by Crippen LogP contribution is 2.27. The van der Waals surface area contributed by atoms with Gasteiger partial charge in [0, 0.05) is 25.2 Å². The topological polar surface area (TPSA) is 15.3 Å². The Labute approximate surface area is 103 Å². The highest BCUT2D eigenvalue weighted by molar-refractivity contribution is 5.55. The number of nitrogens with zero attached hydrogens (tertiary/aromatic N) is 1.